The highest BCUT2D eigenvalue weighted by Crippen LogP contribution is 2.19. The molecule has 29 heavy (non-hydrogen) atoms. The van der Waals surface area contributed by atoms with E-state index in [0.717, 1.165) is 34.0 Å². The van der Waals surface area contributed by atoms with Crippen molar-refractivity contribution in [3.63, 3.8) is 0 Å². The molecule has 7 heteroatoms. The van der Waals surface area contributed by atoms with Crippen LogP contribution in [0.5, 0.6) is 0 Å². The number of aromatic nitrogens is 4. The summed E-state index contributed by atoms with van der Waals surface area (Å²) < 4.78 is 9.08. The van der Waals surface area contributed by atoms with Crippen LogP contribution in [0.2, 0.25) is 0 Å². The maximum absolute atomic E-state index is 13.1. The molecule has 0 aliphatic rings. The van der Waals surface area contributed by atoms with Gasteiger partial charge in [-0.2, -0.15) is 0 Å². The van der Waals surface area contributed by atoms with E-state index >= 15 is 0 Å². The van der Waals surface area contributed by atoms with E-state index < -0.39 is 0 Å². The van der Waals surface area contributed by atoms with Crippen LogP contribution in [-0.4, -0.2) is 31.5 Å². The van der Waals surface area contributed by atoms with Crippen LogP contribution in [-0.2, 0) is 20.1 Å². The second-order valence-corrected chi connectivity index (χ2v) is 7.13. The van der Waals surface area contributed by atoms with Gasteiger partial charge in [-0.3, -0.25) is 19.4 Å². The van der Waals surface area contributed by atoms with E-state index in [1.165, 1.54) is 0 Å². The Morgan fingerprint density at radius 3 is 2.62 bits per heavy atom. The van der Waals surface area contributed by atoms with E-state index in [0.29, 0.717) is 13.1 Å². The lowest BCUT2D eigenvalue weighted by Gasteiger charge is -2.13. The highest BCUT2D eigenvalue weighted by Gasteiger charge is 2.18. The highest BCUT2D eigenvalue weighted by atomic mass is 16.5. The molecule has 0 bridgehead atoms. The predicted molar refractivity (Wildman–Crippen MR) is 111 cm³/mol. The largest absolute Gasteiger partial charge is 0.359 e. The maximum Gasteiger partial charge on any atom is 0.276 e. The molecule has 3 aromatic heterocycles. The molecule has 4 aromatic rings. The molecule has 3 heterocycles. The molecule has 7 nitrogen and oxygen atoms in total. The van der Waals surface area contributed by atoms with Gasteiger partial charge in [-0.15, -0.1) is 0 Å². The second-order valence-electron chi connectivity index (χ2n) is 7.13. The predicted octanol–water partition coefficient (Wildman–Crippen LogP) is 3.17. The van der Waals surface area contributed by atoms with Crippen molar-refractivity contribution >= 4 is 0 Å². The first kappa shape index (κ1) is 18.9. The molecule has 0 atom stereocenters. The molecule has 0 saturated heterocycles. The van der Waals surface area contributed by atoms with Gasteiger partial charge < -0.3 is 4.52 Å². The first-order chi connectivity index (χ1) is 14.0. The van der Waals surface area contributed by atoms with Gasteiger partial charge in [0.05, 0.1) is 17.8 Å². The van der Waals surface area contributed by atoms with Crippen molar-refractivity contribution in [2.45, 2.75) is 20.0 Å². The number of pyridine rings is 1. The summed E-state index contributed by atoms with van der Waals surface area (Å²) in [7, 11) is 3.87. The zero-order valence-electron chi connectivity index (χ0n) is 16.7. The van der Waals surface area contributed by atoms with Crippen molar-refractivity contribution < 1.29 is 4.52 Å². The molecule has 0 spiro atoms. The molecule has 0 amide bonds. The van der Waals surface area contributed by atoms with E-state index in [1.807, 2.05) is 79.1 Å². The lowest BCUT2D eigenvalue weighted by molar-refractivity contribution is 0.266. The highest BCUT2D eigenvalue weighted by molar-refractivity contribution is 5.57. The van der Waals surface area contributed by atoms with Crippen LogP contribution >= 0.6 is 0 Å². The first-order valence-corrected chi connectivity index (χ1v) is 9.42. The third-order valence-electron chi connectivity index (χ3n) is 5.04. The fraction of sp³-hybridized carbons (Fsp3) is 0.227. The molecule has 4 rings (SSSR count). The fourth-order valence-electron chi connectivity index (χ4n) is 3.44. The van der Waals surface area contributed by atoms with Gasteiger partial charge in [0.2, 0.25) is 0 Å². The molecule has 0 fully saturated rings. The van der Waals surface area contributed by atoms with Crippen LogP contribution in [0, 0.1) is 6.92 Å². The van der Waals surface area contributed by atoms with Gasteiger partial charge in [-0.05, 0) is 38.2 Å². The van der Waals surface area contributed by atoms with Crippen LogP contribution in [0.3, 0.4) is 0 Å². The van der Waals surface area contributed by atoms with Crippen molar-refractivity contribution in [3.8, 4) is 16.9 Å². The number of para-hydroxylation sites is 1. The van der Waals surface area contributed by atoms with Crippen LogP contribution in [0.15, 0.2) is 70.2 Å². The number of benzene rings is 1. The molecule has 0 aliphatic carbocycles. The first-order valence-electron chi connectivity index (χ1n) is 9.42. The van der Waals surface area contributed by atoms with Crippen molar-refractivity contribution in [2.75, 3.05) is 7.05 Å². The maximum atomic E-state index is 13.1. The molecular weight excluding hydrogens is 366 g/mol. The number of hydrogen-bond acceptors (Lipinski definition) is 5. The standard InChI is InChI=1S/C22H23N5O2/c1-16-20(22(28)27(26(16)3)18-9-5-4-6-10-18)15-25(2)14-19-12-21(24-29-19)17-8-7-11-23-13-17/h4-13H,14-15H2,1-3H3. The number of hydrogen-bond donors (Lipinski definition) is 0. The molecule has 0 aliphatic heterocycles. The van der Waals surface area contributed by atoms with Crippen LogP contribution in [0.4, 0.5) is 0 Å². The zero-order valence-corrected chi connectivity index (χ0v) is 16.7. The van der Waals surface area contributed by atoms with Crippen molar-refractivity contribution in [3.05, 3.63) is 88.3 Å². The van der Waals surface area contributed by atoms with Gasteiger partial charge >= 0.3 is 0 Å². The molecular formula is C22H23N5O2. The molecule has 1 aromatic carbocycles. The third-order valence-corrected chi connectivity index (χ3v) is 5.04. The summed E-state index contributed by atoms with van der Waals surface area (Å²) >= 11 is 0. The van der Waals surface area contributed by atoms with Crippen molar-refractivity contribution in [1.82, 2.24) is 24.4 Å². The van der Waals surface area contributed by atoms with E-state index in [9.17, 15) is 4.79 Å². The van der Waals surface area contributed by atoms with Crippen LogP contribution in [0.1, 0.15) is 17.0 Å². The normalized spacial score (nSPS) is 11.3. The minimum absolute atomic E-state index is 0.00308. The SMILES string of the molecule is Cc1c(CN(C)Cc2cc(-c3cccnc3)no2)c(=O)n(-c2ccccc2)n1C. The minimum Gasteiger partial charge on any atom is -0.359 e. The summed E-state index contributed by atoms with van der Waals surface area (Å²) in [6.07, 6.45) is 3.48. The zero-order chi connectivity index (χ0) is 20.4. The molecule has 0 unspecified atom stereocenters. The average Bonchev–Trinajstić information content (AvgIpc) is 3.28. The summed E-state index contributed by atoms with van der Waals surface area (Å²) in [6, 6.07) is 15.4. The quantitative estimate of drug-likeness (QED) is 0.507. The van der Waals surface area contributed by atoms with Gasteiger partial charge in [0.25, 0.3) is 5.56 Å². The second kappa shape index (κ2) is 7.89. The summed E-state index contributed by atoms with van der Waals surface area (Å²) in [6.45, 7) is 3.03. The Morgan fingerprint density at radius 1 is 1.10 bits per heavy atom. The van der Waals surface area contributed by atoms with Crippen molar-refractivity contribution in [1.29, 1.82) is 0 Å². The Kier molecular flexibility index (Phi) is 5.14. The van der Waals surface area contributed by atoms with Crippen LogP contribution < -0.4 is 5.56 Å². The van der Waals surface area contributed by atoms with E-state index in [2.05, 4.69) is 10.1 Å². The topological polar surface area (TPSA) is 69.1 Å². The number of rotatable bonds is 6. The van der Waals surface area contributed by atoms with Gasteiger partial charge in [0, 0.05) is 43.3 Å². The molecule has 0 saturated carbocycles. The van der Waals surface area contributed by atoms with Gasteiger partial charge in [0.1, 0.15) is 5.69 Å². The molecule has 148 valence electrons. The number of nitrogens with zero attached hydrogens (tertiary/aromatic N) is 5. The van der Waals surface area contributed by atoms with E-state index in [-0.39, 0.29) is 5.56 Å². The summed E-state index contributed by atoms with van der Waals surface area (Å²) in [5.74, 6) is 0.739. The Morgan fingerprint density at radius 2 is 1.90 bits per heavy atom. The Hall–Kier alpha value is -3.45. The van der Waals surface area contributed by atoms with Gasteiger partial charge in [-0.25, -0.2) is 4.68 Å². The molecule has 0 N–H and O–H groups in total. The summed E-state index contributed by atoms with van der Waals surface area (Å²) in [4.78, 5) is 19.2. The fourth-order valence-corrected chi connectivity index (χ4v) is 3.44. The van der Waals surface area contributed by atoms with Crippen molar-refractivity contribution in [2.24, 2.45) is 7.05 Å². The van der Waals surface area contributed by atoms with Gasteiger partial charge in [-0.1, -0.05) is 23.4 Å². The smallest absolute Gasteiger partial charge is 0.276 e. The molecule has 0 radical (unpaired) electrons. The summed E-state index contributed by atoms with van der Waals surface area (Å²) in [5, 5.41) is 4.13. The summed E-state index contributed by atoms with van der Waals surface area (Å²) in [5.41, 5.74) is 4.23. The van der Waals surface area contributed by atoms with Gasteiger partial charge in [0.15, 0.2) is 5.76 Å². The lowest BCUT2D eigenvalue weighted by Crippen LogP contribution is -2.24. The minimum atomic E-state index is -0.00308. The Labute approximate surface area is 168 Å². The lowest BCUT2D eigenvalue weighted by atomic mass is 10.2. The monoisotopic (exact) mass is 389 g/mol. The van der Waals surface area contributed by atoms with E-state index in [1.54, 1.807) is 17.1 Å². The third kappa shape index (κ3) is 3.77. The average molecular weight is 389 g/mol. The van der Waals surface area contributed by atoms with Crippen LogP contribution in [0.25, 0.3) is 16.9 Å². The Bertz CT molecular complexity index is 1160. The van der Waals surface area contributed by atoms with E-state index in [4.69, 9.17) is 4.52 Å². The Balaban J connectivity index is 1.53.